The summed E-state index contributed by atoms with van der Waals surface area (Å²) < 4.78 is 44.8. The zero-order valence-electron chi connectivity index (χ0n) is 17.4. The SMILES string of the molecule is O=C(NCC1CCCCO1)c1[nH]c([NH+]2CCOCC2)[n+]2ccccc12.O=C([O-])C(F)(F)F. The first-order chi connectivity index (χ1) is 15.3. The van der Waals surface area contributed by atoms with Crippen molar-refractivity contribution in [1.29, 1.82) is 0 Å². The molecule has 0 spiro atoms. The van der Waals surface area contributed by atoms with Gasteiger partial charge in [-0.05, 0) is 31.4 Å². The summed E-state index contributed by atoms with van der Waals surface area (Å²) in [6.45, 7) is 4.64. The highest BCUT2D eigenvalue weighted by Gasteiger charge is 2.32. The minimum Gasteiger partial charge on any atom is -0.542 e. The Labute approximate surface area is 182 Å². The summed E-state index contributed by atoms with van der Waals surface area (Å²) in [6, 6.07) is 5.93. The van der Waals surface area contributed by atoms with Gasteiger partial charge >= 0.3 is 12.1 Å². The van der Waals surface area contributed by atoms with Crippen LogP contribution in [0.4, 0.5) is 19.1 Å². The molecule has 176 valence electrons. The van der Waals surface area contributed by atoms with E-state index in [2.05, 4.69) is 14.7 Å². The number of aliphatic carboxylic acids is 1. The highest BCUT2D eigenvalue weighted by Crippen LogP contribution is 2.13. The quantitative estimate of drug-likeness (QED) is 0.503. The monoisotopic (exact) mass is 459 g/mol. The van der Waals surface area contributed by atoms with Gasteiger partial charge in [-0.15, -0.1) is 4.40 Å². The lowest BCUT2D eigenvalue weighted by atomic mass is 10.1. The maximum Gasteiger partial charge on any atom is 0.457 e. The number of imidazole rings is 1. The van der Waals surface area contributed by atoms with E-state index in [1.165, 1.54) is 11.3 Å². The Morgan fingerprint density at radius 1 is 1.22 bits per heavy atom. The molecule has 32 heavy (non-hydrogen) atoms. The number of carboxylic acids is 1. The van der Waals surface area contributed by atoms with Crippen LogP contribution in [0.5, 0.6) is 0 Å². The topological polar surface area (TPSA) is 112 Å². The number of aromatic nitrogens is 2. The summed E-state index contributed by atoms with van der Waals surface area (Å²) in [4.78, 5) is 26.2. The number of rotatable bonds is 4. The number of quaternary nitrogens is 1. The minimum absolute atomic E-state index is 0.0724. The number of carbonyl (C=O) groups is 2. The van der Waals surface area contributed by atoms with Crippen molar-refractivity contribution in [2.45, 2.75) is 31.5 Å². The highest BCUT2D eigenvalue weighted by atomic mass is 19.4. The van der Waals surface area contributed by atoms with Crippen molar-refractivity contribution in [2.75, 3.05) is 39.5 Å². The Morgan fingerprint density at radius 2 is 1.94 bits per heavy atom. The van der Waals surface area contributed by atoms with Crippen molar-refractivity contribution in [3.63, 3.8) is 0 Å². The summed E-state index contributed by atoms with van der Waals surface area (Å²) >= 11 is 0. The van der Waals surface area contributed by atoms with Crippen molar-refractivity contribution < 1.29 is 46.6 Å². The van der Waals surface area contributed by atoms with E-state index >= 15 is 0 Å². The van der Waals surface area contributed by atoms with Crippen LogP contribution in [0.3, 0.4) is 0 Å². The Balaban J connectivity index is 0.000000360. The summed E-state index contributed by atoms with van der Waals surface area (Å²) in [5, 5.41) is 11.8. The lowest BCUT2D eigenvalue weighted by molar-refractivity contribution is -0.889. The molecule has 1 atom stereocenters. The molecule has 2 saturated heterocycles. The molecule has 2 aliphatic rings. The van der Waals surface area contributed by atoms with E-state index in [9.17, 15) is 18.0 Å². The first-order valence-electron chi connectivity index (χ1n) is 10.4. The predicted molar refractivity (Wildman–Crippen MR) is 102 cm³/mol. The van der Waals surface area contributed by atoms with Gasteiger partial charge in [-0.2, -0.15) is 18.2 Å². The molecule has 1 unspecified atom stereocenters. The second-order valence-electron chi connectivity index (χ2n) is 7.50. The molecular weight excluding hydrogens is 433 g/mol. The third kappa shape index (κ3) is 6.17. The van der Waals surface area contributed by atoms with Gasteiger partial charge in [0, 0.05) is 13.2 Å². The Morgan fingerprint density at radius 3 is 2.56 bits per heavy atom. The number of ether oxygens (including phenoxy) is 2. The van der Waals surface area contributed by atoms with E-state index in [0.29, 0.717) is 12.2 Å². The number of hydrogen-bond donors (Lipinski definition) is 3. The van der Waals surface area contributed by atoms with Crippen molar-refractivity contribution >= 4 is 23.3 Å². The molecular formula is C20H26F3N4O5+. The van der Waals surface area contributed by atoms with Gasteiger partial charge in [-0.1, -0.05) is 6.07 Å². The number of nitrogens with one attached hydrogen (secondary N) is 3. The highest BCUT2D eigenvalue weighted by molar-refractivity contribution is 5.98. The average Bonchev–Trinajstić information content (AvgIpc) is 3.18. The maximum absolute atomic E-state index is 12.8. The fourth-order valence-electron chi connectivity index (χ4n) is 3.63. The summed E-state index contributed by atoms with van der Waals surface area (Å²) in [5.41, 5.74) is 1.52. The molecule has 3 N–H and O–H groups in total. The largest absolute Gasteiger partial charge is 0.542 e. The fourth-order valence-corrected chi connectivity index (χ4v) is 3.63. The number of alkyl halides is 3. The molecule has 9 nitrogen and oxygen atoms in total. The molecule has 12 heteroatoms. The van der Waals surface area contributed by atoms with E-state index in [0.717, 1.165) is 57.2 Å². The third-order valence-corrected chi connectivity index (χ3v) is 5.25. The molecule has 0 bridgehead atoms. The van der Waals surface area contributed by atoms with Crippen LogP contribution >= 0.6 is 0 Å². The van der Waals surface area contributed by atoms with Crippen LogP contribution in [0.25, 0.3) is 5.52 Å². The lowest BCUT2D eigenvalue weighted by Gasteiger charge is -2.22. The van der Waals surface area contributed by atoms with Crippen LogP contribution in [0.15, 0.2) is 24.4 Å². The number of halogens is 3. The second-order valence-corrected chi connectivity index (χ2v) is 7.50. The van der Waals surface area contributed by atoms with Gasteiger partial charge < -0.3 is 24.7 Å². The van der Waals surface area contributed by atoms with Crippen LogP contribution in [-0.2, 0) is 14.3 Å². The molecule has 0 radical (unpaired) electrons. The van der Waals surface area contributed by atoms with Gasteiger partial charge in [0.2, 0.25) is 5.69 Å². The summed E-state index contributed by atoms with van der Waals surface area (Å²) in [7, 11) is 0. The molecule has 2 fully saturated rings. The fraction of sp³-hybridized carbons (Fsp3) is 0.550. The van der Waals surface area contributed by atoms with E-state index in [1.807, 2.05) is 24.4 Å². The van der Waals surface area contributed by atoms with E-state index < -0.39 is 12.1 Å². The number of fused-ring (bicyclic) bond motifs is 1. The zero-order valence-corrected chi connectivity index (χ0v) is 17.4. The van der Waals surface area contributed by atoms with E-state index in [4.69, 9.17) is 19.4 Å². The molecule has 4 heterocycles. The summed E-state index contributed by atoms with van der Waals surface area (Å²) in [6.07, 6.45) is 0.255. The van der Waals surface area contributed by atoms with E-state index in [-0.39, 0.29) is 12.0 Å². The van der Waals surface area contributed by atoms with Gasteiger partial charge in [-0.3, -0.25) is 4.79 Å². The first kappa shape index (κ1) is 24.0. The number of aromatic amines is 1. The standard InChI is InChI=1S/C18H24N4O3.C2HF3O2/c23-17(19-13-14-5-2-4-10-25-14)16-15-6-1-3-7-22(15)18(20-16)21-8-11-24-12-9-21;3-2(4,5)1(6)7/h1,3,6-7,14H,2,4-5,8-13H2,(H,19,23);(H,6,7)/p+1. The molecule has 2 aromatic heterocycles. The smallest absolute Gasteiger partial charge is 0.457 e. The molecule has 4 rings (SSSR count). The number of carbonyl (C=O) groups excluding carboxylic acids is 2. The molecule has 0 saturated carbocycles. The van der Waals surface area contributed by atoms with Crippen molar-refractivity contribution in [3.05, 3.63) is 30.1 Å². The number of nitrogens with zero attached hydrogens (tertiary/aromatic N) is 1. The summed E-state index contributed by atoms with van der Waals surface area (Å²) in [5.74, 6) is -2.07. The average molecular weight is 459 g/mol. The van der Waals surface area contributed by atoms with Gasteiger partial charge in [0.25, 0.3) is 5.91 Å². The predicted octanol–water partition coefficient (Wildman–Crippen LogP) is -1.10. The molecule has 0 aromatic carbocycles. The Hall–Kier alpha value is -2.70. The number of pyridine rings is 1. The van der Waals surface area contributed by atoms with Gasteiger partial charge in [0.05, 0.1) is 19.3 Å². The minimum atomic E-state index is -5.19. The number of hydrogen-bond acceptors (Lipinski definition) is 5. The molecule has 2 aliphatic heterocycles. The molecule has 1 amide bonds. The van der Waals surface area contributed by atoms with Crippen LogP contribution in [0.2, 0.25) is 0 Å². The van der Waals surface area contributed by atoms with Crippen molar-refractivity contribution in [3.8, 4) is 0 Å². The van der Waals surface area contributed by atoms with Crippen molar-refractivity contribution in [1.82, 2.24) is 10.3 Å². The Bertz CT molecular complexity index is 922. The third-order valence-electron chi connectivity index (χ3n) is 5.25. The molecule has 2 aromatic rings. The first-order valence-corrected chi connectivity index (χ1v) is 10.4. The van der Waals surface area contributed by atoms with Gasteiger partial charge in [-0.25, -0.2) is 4.90 Å². The number of amides is 1. The van der Waals surface area contributed by atoms with E-state index in [1.54, 1.807) is 0 Å². The second kappa shape index (κ2) is 10.7. The number of H-pyrrole nitrogens is 1. The van der Waals surface area contributed by atoms with Crippen LogP contribution in [-0.4, -0.2) is 68.6 Å². The Kier molecular flexibility index (Phi) is 8.04. The van der Waals surface area contributed by atoms with Crippen LogP contribution in [0, 0.1) is 0 Å². The molecule has 0 aliphatic carbocycles. The zero-order chi connectivity index (χ0) is 23.1. The maximum atomic E-state index is 12.8. The lowest BCUT2D eigenvalue weighted by Crippen LogP contribution is -3.11. The normalized spacial score (nSPS) is 19.8. The number of morpholine rings is 1. The van der Waals surface area contributed by atoms with Crippen molar-refractivity contribution in [2.24, 2.45) is 0 Å². The van der Waals surface area contributed by atoms with Gasteiger partial charge in [0.15, 0.2) is 5.52 Å². The van der Waals surface area contributed by atoms with Gasteiger partial charge in [0.1, 0.15) is 25.3 Å². The van der Waals surface area contributed by atoms with Crippen LogP contribution in [0.1, 0.15) is 29.8 Å². The van der Waals surface area contributed by atoms with Crippen LogP contribution < -0.4 is 19.7 Å². The number of carboxylic acid groups (broad SMARTS) is 1.